The Kier molecular flexibility index (Phi) is 7.54. The molecule has 0 aromatic carbocycles. The summed E-state index contributed by atoms with van der Waals surface area (Å²) in [7, 11) is 0. The van der Waals surface area contributed by atoms with Crippen molar-refractivity contribution in [1.29, 1.82) is 0 Å². The number of aromatic nitrogens is 4. The third-order valence-electron chi connectivity index (χ3n) is 14.4. The maximum absolute atomic E-state index is 13.4. The first kappa shape index (κ1) is 32.1. The quantitative estimate of drug-likeness (QED) is 0.364. The first-order chi connectivity index (χ1) is 20.4. The van der Waals surface area contributed by atoms with Crippen molar-refractivity contribution in [1.82, 2.24) is 20.2 Å². The molecule has 0 spiro atoms. The van der Waals surface area contributed by atoms with Crippen molar-refractivity contribution >= 4 is 5.97 Å². The molecule has 1 aromatic rings. The topological polar surface area (TPSA) is 125 Å². The number of carboxylic acids is 1. The number of carbonyl (C=O) groups is 1. The summed E-state index contributed by atoms with van der Waals surface area (Å²) in [6.45, 7) is 21.9. The smallest absolute Gasteiger partial charge is 0.307 e. The van der Waals surface area contributed by atoms with Crippen molar-refractivity contribution in [2.45, 2.75) is 119 Å². The van der Waals surface area contributed by atoms with Crippen LogP contribution in [-0.4, -0.2) is 62.7 Å². The molecule has 44 heavy (non-hydrogen) atoms. The SMILES string of the molecule is CC(C)[C@@H](C)[C@@]1(C)CC[C@]2(C)[C@H]3CC[C@H]4C5(C)COC[C@@]4(C[C@@H](n4ncnn4)[C@@H]5OCC(C)(C)N)C3=CC[C@@]2(C)[C@@H]1C(=O)O. The molecule has 1 saturated heterocycles. The minimum Gasteiger partial charge on any atom is -0.481 e. The molecule has 9 heteroatoms. The Morgan fingerprint density at radius 1 is 1.16 bits per heavy atom. The molecule has 1 aromatic heterocycles. The van der Waals surface area contributed by atoms with E-state index in [1.807, 2.05) is 13.8 Å². The Bertz CT molecular complexity index is 1290. The van der Waals surface area contributed by atoms with Crippen LogP contribution in [0.5, 0.6) is 0 Å². The molecule has 2 heterocycles. The van der Waals surface area contributed by atoms with Gasteiger partial charge in [-0.1, -0.05) is 60.1 Å². The van der Waals surface area contributed by atoms with Crippen molar-refractivity contribution in [2.75, 3.05) is 19.8 Å². The number of nitrogens with zero attached hydrogens (tertiary/aromatic N) is 4. The molecule has 3 N–H and O–H groups in total. The van der Waals surface area contributed by atoms with Crippen molar-refractivity contribution in [3.8, 4) is 0 Å². The molecule has 1 aliphatic heterocycles. The fourth-order valence-electron chi connectivity index (χ4n) is 11.7. The summed E-state index contributed by atoms with van der Waals surface area (Å²) < 4.78 is 13.4. The number of carboxylic acid groups (broad SMARTS) is 1. The fourth-order valence-corrected chi connectivity index (χ4v) is 11.7. The number of allylic oxidation sites excluding steroid dienone is 1. The number of nitrogens with two attached hydrogens (primary N) is 1. The minimum absolute atomic E-state index is 0.0981. The van der Waals surface area contributed by atoms with Crippen LogP contribution < -0.4 is 5.73 Å². The highest BCUT2D eigenvalue weighted by atomic mass is 16.5. The molecule has 3 saturated carbocycles. The normalized spacial score (nSPS) is 46.0. The average Bonchev–Trinajstić information content (AvgIpc) is 3.46. The minimum atomic E-state index is -0.622. The Balaban J connectivity index is 1.45. The first-order valence-corrected chi connectivity index (χ1v) is 17.1. The van der Waals surface area contributed by atoms with Crippen molar-refractivity contribution in [3.05, 3.63) is 18.0 Å². The monoisotopic (exact) mass is 611 g/mol. The van der Waals surface area contributed by atoms with E-state index >= 15 is 0 Å². The van der Waals surface area contributed by atoms with Gasteiger partial charge in [0.25, 0.3) is 0 Å². The number of hydrogen-bond acceptors (Lipinski definition) is 7. The van der Waals surface area contributed by atoms with E-state index in [2.05, 4.69) is 70.0 Å². The molecule has 4 aliphatic carbocycles. The van der Waals surface area contributed by atoms with Gasteiger partial charge in [0.05, 0.1) is 31.8 Å². The Morgan fingerprint density at radius 2 is 1.89 bits per heavy atom. The third kappa shape index (κ3) is 4.34. The molecule has 246 valence electrons. The van der Waals surface area contributed by atoms with Gasteiger partial charge in [0.1, 0.15) is 6.04 Å². The molecule has 1 unspecified atom stereocenters. The molecule has 9 nitrogen and oxygen atoms in total. The summed E-state index contributed by atoms with van der Waals surface area (Å²) in [6.07, 6.45) is 9.59. The lowest BCUT2D eigenvalue weighted by Crippen LogP contribution is -2.69. The van der Waals surface area contributed by atoms with Gasteiger partial charge in [0, 0.05) is 16.4 Å². The summed E-state index contributed by atoms with van der Waals surface area (Å²) in [5.41, 5.74) is 6.31. The second-order valence-corrected chi connectivity index (χ2v) is 17.6. The Labute approximate surface area is 264 Å². The van der Waals surface area contributed by atoms with Crippen LogP contribution in [0.3, 0.4) is 0 Å². The molecule has 2 bridgehead atoms. The van der Waals surface area contributed by atoms with Gasteiger partial charge < -0.3 is 20.3 Å². The third-order valence-corrected chi connectivity index (χ3v) is 14.4. The average molecular weight is 612 g/mol. The summed E-state index contributed by atoms with van der Waals surface area (Å²) >= 11 is 0. The van der Waals surface area contributed by atoms with E-state index < -0.39 is 17.4 Å². The predicted molar refractivity (Wildman–Crippen MR) is 168 cm³/mol. The highest BCUT2D eigenvalue weighted by Gasteiger charge is 2.72. The molecule has 0 amide bonds. The van der Waals surface area contributed by atoms with E-state index in [-0.39, 0.29) is 39.2 Å². The summed E-state index contributed by atoms with van der Waals surface area (Å²) in [4.78, 5) is 15.1. The zero-order valence-electron chi connectivity index (χ0n) is 28.6. The van der Waals surface area contributed by atoms with E-state index in [0.29, 0.717) is 43.5 Å². The number of rotatable bonds is 7. The molecular weight excluding hydrogens is 554 g/mol. The lowest BCUT2D eigenvalue weighted by Gasteiger charge is -2.71. The second kappa shape index (κ2) is 10.3. The van der Waals surface area contributed by atoms with Gasteiger partial charge in [-0.15, -0.1) is 10.2 Å². The maximum Gasteiger partial charge on any atom is 0.307 e. The lowest BCUT2D eigenvalue weighted by molar-refractivity contribution is -0.253. The van der Waals surface area contributed by atoms with Gasteiger partial charge in [-0.3, -0.25) is 4.79 Å². The van der Waals surface area contributed by atoms with E-state index in [0.717, 1.165) is 38.5 Å². The molecule has 0 radical (unpaired) electrons. The molecule has 5 aliphatic rings. The lowest BCUT2D eigenvalue weighted by atomic mass is 9.34. The van der Waals surface area contributed by atoms with Crippen molar-refractivity contribution in [3.63, 3.8) is 0 Å². The largest absolute Gasteiger partial charge is 0.481 e. The van der Waals surface area contributed by atoms with Gasteiger partial charge in [-0.2, -0.15) is 4.80 Å². The van der Waals surface area contributed by atoms with Crippen LogP contribution in [0.2, 0.25) is 0 Å². The van der Waals surface area contributed by atoms with Crippen LogP contribution in [0.4, 0.5) is 0 Å². The standard InChI is InChI=1S/C35H57N5O4/c1-21(2)22(3)31(6)14-15-33(8)23-10-11-26-32(7)18-43-19-35(26,24(23)12-13-34(33,9)27(31)29(41)42)16-25(40-38-20-37-39-40)28(32)44-17-30(4,5)36/h12,20-23,25-28H,10-11,13-19,36H2,1-9H3,(H,41,42)/t22-,23+,25-,26+,27-,28+,31-,32?,33-,34+,35+/m1/s1. The van der Waals surface area contributed by atoms with Crippen molar-refractivity contribution < 1.29 is 19.4 Å². The summed E-state index contributed by atoms with van der Waals surface area (Å²) in [5.74, 6) is 0.428. The maximum atomic E-state index is 13.4. The van der Waals surface area contributed by atoms with Gasteiger partial charge in [0.15, 0.2) is 6.33 Å². The van der Waals surface area contributed by atoms with Gasteiger partial charge in [0.2, 0.25) is 0 Å². The van der Waals surface area contributed by atoms with Crippen molar-refractivity contribution in [2.24, 2.45) is 62.4 Å². The van der Waals surface area contributed by atoms with Gasteiger partial charge >= 0.3 is 5.97 Å². The predicted octanol–water partition coefficient (Wildman–Crippen LogP) is 5.93. The number of hydrogen-bond donors (Lipinski definition) is 2. The Hall–Kier alpha value is -1.84. The van der Waals surface area contributed by atoms with Gasteiger partial charge in [-0.25, -0.2) is 0 Å². The molecular formula is C35H57N5O4. The molecule has 4 fully saturated rings. The first-order valence-electron chi connectivity index (χ1n) is 17.1. The number of tetrazole rings is 1. The Morgan fingerprint density at radius 3 is 2.50 bits per heavy atom. The van der Waals surface area contributed by atoms with Crippen LogP contribution in [0.15, 0.2) is 18.0 Å². The highest BCUT2D eigenvalue weighted by Crippen LogP contribution is 2.75. The van der Waals surface area contributed by atoms with E-state index in [4.69, 9.17) is 15.2 Å². The summed E-state index contributed by atoms with van der Waals surface area (Å²) in [6, 6.07) is -0.0981. The summed E-state index contributed by atoms with van der Waals surface area (Å²) in [5, 5.41) is 24.0. The molecule has 11 atom stereocenters. The van der Waals surface area contributed by atoms with Crippen LogP contribution in [0, 0.1) is 56.7 Å². The zero-order chi connectivity index (χ0) is 32.1. The molecule has 6 rings (SSSR count). The van der Waals surface area contributed by atoms with Crippen LogP contribution in [0.25, 0.3) is 0 Å². The second-order valence-electron chi connectivity index (χ2n) is 17.6. The van der Waals surface area contributed by atoms with Crippen LogP contribution in [-0.2, 0) is 14.3 Å². The zero-order valence-corrected chi connectivity index (χ0v) is 28.6. The number of fused-ring (bicyclic) bond motifs is 3. The van der Waals surface area contributed by atoms with Crippen LogP contribution in [0.1, 0.15) is 107 Å². The fraction of sp³-hybridized carbons (Fsp3) is 0.886. The number of ether oxygens (including phenoxy) is 2. The number of aliphatic carboxylic acids is 1. The van der Waals surface area contributed by atoms with E-state index in [9.17, 15) is 9.90 Å². The van der Waals surface area contributed by atoms with E-state index in [1.54, 1.807) is 4.80 Å². The highest BCUT2D eigenvalue weighted by molar-refractivity contribution is 5.73. The van der Waals surface area contributed by atoms with E-state index in [1.165, 1.54) is 11.9 Å². The van der Waals surface area contributed by atoms with Crippen LogP contribution >= 0.6 is 0 Å². The van der Waals surface area contributed by atoms with Gasteiger partial charge in [-0.05, 0) is 97.5 Å².